The van der Waals surface area contributed by atoms with Crippen molar-refractivity contribution in [1.82, 2.24) is 53.8 Å². The molecule has 0 saturated carbocycles. The summed E-state index contributed by atoms with van der Waals surface area (Å²) in [7, 11) is 0. The molecule has 1 amide bonds. The normalized spacial score (nSPS) is 14.0. The molecule has 10 N–H and O–H groups in total. The highest BCUT2D eigenvalue weighted by molar-refractivity contribution is 6.69. The van der Waals surface area contributed by atoms with Crippen LogP contribution in [0.4, 0.5) is 62.2 Å². The van der Waals surface area contributed by atoms with E-state index >= 15 is 0 Å². The van der Waals surface area contributed by atoms with Crippen LogP contribution in [0.15, 0.2) is 62.0 Å². The fraction of sp³-hybridized carbons (Fsp3) is 0.353. The minimum Gasteiger partial charge on any atom is -0.477 e. The van der Waals surface area contributed by atoms with Gasteiger partial charge in [0.05, 0.1) is 90.9 Å². The lowest BCUT2D eigenvalue weighted by atomic mass is 9.96. The van der Waals surface area contributed by atoms with Crippen molar-refractivity contribution in [2.45, 2.75) is 78.4 Å². The average molecular weight is 1180 g/mol. The van der Waals surface area contributed by atoms with Crippen LogP contribution in [0.5, 0.6) is 0 Å². The number of ether oxygens (including phenoxy) is 2. The van der Waals surface area contributed by atoms with E-state index in [4.69, 9.17) is 49.1 Å². The van der Waals surface area contributed by atoms with Gasteiger partial charge in [-0.1, -0.05) is 0 Å². The van der Waals surface area contributed by atoms with E-state index in [0.29, 0.717) is 63.2 Å². The first-order valence-electron chi connectivity index (χ1n) is 25.1. The van der Waals surface area contributed by atoms with E-state index in [1.165, 1.54) is 12.4 Å². The summed E-state index contributed by atoms with van der Waals surface area (Å²) >= 11 is 5.26. The molecule has 0 atom stereocenters. The molecule has 0 spiro atoms. The standard InChI is InChI=1S/C22H25F2N7O3.C15H22FN3O2.C7H4ClFN4O.C7H5FN4O2/c1-22(2,3)34-21(33)12-4-6-30(7-5-12)17-14(24)9-26-10-15(17)28-20(32)16-18(25)29-31-11-13(23)8-27-19(16)31;1-15(2,3)21-14(20)10-4-6-19(7-5-10)13-11(16)8-18-9-12(13)17;8-5(14)4-6(10)12-13-2-3(9)1-11-7(4)13;8-3-1-10-6-4(7(13)14)5(9)11-12(6)2-3/h8-12H,4-7H2,1-3H3,(H2,25,29)(H,28,32);8-10H,4-7,17H2,1-3H3;1-2H,(H2,10,12);1-2H,(H2,9,11)(H,13,14). The Balaban J connectivity index is 0.000000172. The Bertz CT molecular complexity index is 3620. The predicted octanol–water partition coefficient (Wildman–Crippen LogP) is 6.13. The third kappa shape index (κ3) is 14.9. The molecule has 0 aromatic carbocycles. The number of anilines is 7. The number of hydrogen-bond acceptors (Lipinski definition) is 21. The highest BCUT2D eigenvalue weighted by Crippen LogP contribution is 2.34. The second-order valence-electron chi connectivity index (χ2n) is 20.6. The van der Waals surface area contributed by atoms with E-state index in [2.05, 4.69) is 45.5 Å². The van der Waals surface area contributed by atoms with Crippen molar-refractivity contribution in [3.05, 3.63) is 108 Å². The number of fused-ring (bicyclic) bond motifs is 3. The van der Waals surface area contributed by atoms with Crippen LogP contribution in [0.2, 0.25) is 0 Å². The number of carbonyl (C=O) groups is 5. The molecule has 10 rings (SSSR count). The number of pyridine rings is 2. The van der Waals surface area contributed by atoms with Gasteiger partial charge in [-0.3, -0.25) is 29.1 Å². The molecule has 8 aromatic rings. The lowest BCUT2D eigenvalue weighted by Gasteiger charge is -2.34. The monoisotopic (exact) mass is 1180 g/mol. The quantitative estimate of drug-likeness (QED) is 0.0565. The van der Waals surface area contributed by atoms with Gasteiger partial charge in [0.1, 0.15) is 33.6 Å². The van der Waals surface area contributed by atoms with Gasteiger partial charge in [-0.25, -0.2) is 55.2 Å². The lowest BCUT2D eigenvalue weighted by molar-refractivity contribution is -0.161. The Labute approximate surface area is 472 Å². The topological polar surface area (TPSA) is 363 Å². The number of aromatic carboxylic acids is 1. The zero-order valence-corrected chi connectivity index (χ0v) is 46.0. The maximum atomic E-state index is 14.8. The third-order valence-electron chi connectivity index (χ3n) is 12.2. The molecule has 2 saturated heterocycles. The number of halogens is 6. The largest absolute Gasteiger partial charge is 0.477 e. The van der Waals surface area contributed by atoms with Crippen LogP contribution in [-0.4, -0.2) is 125 Å². The van der Waals surface area contributed by atoms with Crippen LogP contribution < -0.4 is 38.1 Å². The number of nitrogen functional groups attached to an aromatic ring is 4. The maximum absolute atomic E-state index is 14.8. The molecule has 26 nitrogen and oxygen atoms in total. The van der Waals surface area contributed by atoms with Crippen LogP contribution in [-0.2, 0) is 19.1 Å². The van der Waals surface area contributed by atoms with Crippen LogP contribution >= 0.6 is 11.6 Å². The van der Waals surface area contributed by atoms with Crippen LogP contribution in [0.3, 0.4) is 0 Å². The molecular formula is C51H56ClF5N18O8. The Kier molecular flexibility index (Phi) is 18.5. The zero-order chi connectivity index (χ0) is 60.8. The van der Waals surface area contributed by atoms with E-state index in [9.17, 15) is 45.9 Å². The van der Waals surface area contributed by atoms with Gasteiger partial charge in [0.2, 0.25) is 0 Å². The van der Waals surface area contributed by atoms with E-state index < -0.39 is 57.4 Å². The Morgan fingerprint density at radius 1 is 0.566 bits per heavy atom. The Hall–Kier alpha value is -9.55. The number of aromatic nitrogens is 11. The molecule has 10 heterocycles. The van der Waals surface area contributed by atoms with Gasteiger partial charge in [-0.15, -0.1) is 15.3 Å². The summed E-state index contributed by atoms with van der Waals surface area (Å²) in [6, 6.07) is 0. The molecule has 2 aliphatic rings. The maximum Gasteiger partial charge on any atom is 0.343 e. The van der Waals surface area contributed by atoms with Crippen molar-refractivity contribution < 1.29 is 60.5 Å². The summed E-state index contributed by atoms with van der Waals surface area (Å²) in [6.07, 6.45) is 13.1. The number of hydrogen-bond donors (Lipinski definition) is 6. The van der Waals surface area contributed by atoms with E-state index in [1.54, 1.807) is 4.90 Å². The Morgan fingerprint density at radius 2 is 0.940 bits per heavy atom. The van der Waals surface area contributed by atoms with Gasteiger partial charge < -0.3 is 52.6 Å². The van der Waals surface area contributed by atoms with Gasteiger partial charge >= 0.3 is 17.9 Å². The van der Waals surface area contributed by atoms with Crippen LogP contribution in [0.25, 0.3) is 16.9 Å². The number of carbonyl (C=O) groups excluding carboxylic acids is 4. The van der Waals surface area contributed by atoms with Gasteiger partial charge in [-0.2, -0.15) is 0 Å². The number of rotatable bonds is 8. The fourth-order valence-corrected chi connectivity index (χ4v) is 8.83. The molecule has 2 fully saturated rings. The molecule has 440 valence electrons. The highest BCUT2D eigenvalue weighted by atomic mass is 35.5. The molecule has 83 heavy (non-hydrogen) atoms. The number of piperidine rings is 2. The minimum atomic E-state index is -1.24. The zero-order valence-electron chi connectivity index (χ0n) is 45.3. The smallest absolute Gasteiger partial charge is 0.343 e. The first-order chi connectivity index (χ1) is 39.0. The fourth-order valence-electron chi connectivity index (χ4n) is 8.65. The number of carboxylic acid groups (broad SMARTS) is 1. The van der Waals surface area contributed by atoms with Crippen molar-refractivity contribution in [1.29, 1.82) is 0 Å². The molecule has 0 radical (unpaired) electrons. The Morgan fingerprint density at radius 3 is 1.35 bits per heavy atom. The molecular weight excluding hydrogens is 1120 g/mol. The molecule has 0 bridgehead atoms. The van der Waals surface area contributed by atoms with Crippen LogP contribution in [0.1, 0.15) is 98.3 Å². The van der Waals surface area contributed by atoms with E-state index in [-0.39, 0.29) is 86.2 Å². The summed E-state index contributed by atoms with van der Waals surface area (Å²) in [5.74, 6) is -6.09. The second-order valence-corrected chi connectivity index (χ2v) is 20.9. The van der Waals surface area contributed by atoms with Gasteiger partial charge in [0.25, 0.3) is 11.1 Å². The van der Waals surface area contributed by atoms with E-state index in [0.717, 1.165) is 63.1 Å². The molecule has 8 aromatic heterocycles. The van der Waals surface area contributed by atoms with Crippen molar-refractivity contribution in [3.8, 4) is 0 Å². The van der Waals surface area contributed by atoms with Crippen molar-refractivity contribution in [2.75, 3.05) is 64.2 Å². The SMILES string of the molecule is CC(C)(C)OC(=O)C1CCN(c2c(F)cncc2NC(=O)c2c(N)nn3cc(F)cnc23)CC1.CC(C)(C)OC(=O)C1CCN(c2c(N)cncc2F)CC1.Nc1nn2cc(F)cnc2c1C(=O)Cl.Nc1nn2cc(F)cnc2c1C(=O)O. The number of carboxylic acids is 1. The lowest BCUT2D eigenvalue weighted by Crippen LogP contribution is -2.39. The number of nitrogens with two attached hydrogens (primary N) is 4. The average Bonchev–Trinajstić information content (AvgIpc) is 3.80. The van der Waals surface area contributed by atoms with E-state index in [1.807, 2.05) is 46.4 Å². The molecule has 32 heteroatoms. The highest BCUT2D eigenvalue weighted by Gasteiger charge is 2.33. The molecule has 0 aliphatic carbocycles. The number of esters is 2. The van der Waals surface area contributed by atoms with Gasteiger partial charge in [0.15, 0.2) is 63.5 Å². The first kappa shape index (κ1) is 61.1. The number of nitrogens with zero attached hydrogens (tertiary/aromatic N) is 13. The second kappa shape index (κ2) is 25.1. The summed E-state index contributed by atoms with van der Waals surface area (Å²) < 4.78 is 81.5. The van der Waals surface area contributed by atoms with Gasteiger partial charge in [0, 0.05) is 26.2 Å². The van der Waals surface area contributed by atoms with Crippen molar-refractivity contribution >= 4 is 97.8 Å². The first-order valence-corrected chi connectivity index (χ1v) is 25.5. The summed E-state index contributed by atoms with van der Waals surface area (Å²) in [5, 5.41) is 21.8. The van der Waals surface area contributed by atoms with Crippen LogP contribution in [0, 0.1) is 40.9 Å². The summed E-state index contributed by atoms with van der Waals surface area (Å²) in [6.45, 7) is 12.9. The summed E-state index contributed by atoms with van der Waals surface area (Å²) in [5.41, 5.74) is 22.2. The number of nitrogens with one attached hydrogen (secondary N) is 1. The number of amides is 1. The van der Waals surface area contributed by atoms with Crippen molar-refractivity contribution in [3.63, 3.8) is 0 Å². The summed E-state index contributed by atoms with van der Waals surface area (Å²) in [4.78, 5) is 81.4. The van der Waals surface area contributed by atoms with Crippen molar-refractivity contribution in [2.24, 2.45) is 11.8 Å². The molecule has 0 unspecified atom stereocenters. The predicted molar refractivity (Wildman–Crippen MR) is 292 cm³/mol. The minimum absolute atomic E-state index is 0.00772. The van der Waals surface area contributed by atoms with Gasteiger partial charge in [-0.05, 0) is 78.8 Å². The third-order valence-corrected chi connectivity index (χ3v) is 12.4. The molecule has 2 aliphatic heterocycles.